The first-order chi connectivity index (χ1) is 7.36. The predicted molar refractivity (Wildman–Crippen MR) is 57.7 cm³/mol. The summed E-state index contributed by atoms with van der Waals surface area (Å²) in [4.78, 5) is 0. The molecule has 1 N–H and O–H groups in total. The van der Waals surface area contributed by atoms with E-state index in [0.29, 0.717) is 0 Å². The van der Waals surface area contributed by atoms with Gasteiger partial charge < -0.3 is 10.1 Å². The van der Waals surface area contributed by atoms with Crippen molar-refractivity contribution in [1.29, 1.82) is 5.26 Å². The van der Waals surface area contributed by atoms with Gasteiger partial charge in [0.2, 0.25) is 0 Å². The molecule has 0 aliphatic carbocycles. The zero-order valence-electron chi connectivity index (χ0n) is 8.73. The molecule has 0 aromatic heterocycles. The Morgan fingerprint density at radius 3 is 2.93 bits per heavy atom. The molecule has 1 aromatic carbocycles. The van der Waals surface area contributed by atoms with Crippen LogP contribution >= 0.6 is 0 Å². The number of methoxy groups -OCH3 is 1. The van der Waals surface area contributed by atoms with Gasteiger partial charge in [-0.05, 0) is 11.6 Å². The number of hydrogen-bond donors (Lipinski definition) is 1. The number of rotatable bonds is 2. The first kappa shape index (κ1) is 10.0. The number of nitriles is 1. The van der Waals surface area contributed by atoms with Gasteiger partial charge in [0.1, 0.15) is 5.75 Å². The Morgan fingerprint density at radius 2 is 2.20 bits per heavy atom. The lowest BCUT2D eigenvalue weighted by atomic mass is 9.89. The van der Waals surface area contributed by atoms with E-state index in [4.69, 9.17) is 10.00 Å². The number of nitrogens with one attached hydrogen (secondary N) is 1. The van der Waals surface area contributed by atoms with E-state index >= 15 is 0 Å². The van der Waals surface area contributed by atoms with Gasteiger partial charge in [0.15, 0.2) is 0 Å². The Bertz CT molecular complexity index is 383. The van der Waals surface area contributed by atoms with E-state index in [9.17, 15) is 0 Å². The van der Waals surface area contributed by atoms with Crippen LogP contribution in [0.15, 0.2) is 24.3 Å². The molecule has 0 bridgehead atoms. The number of para-hydroxylation sites is 1. The summed E-state index contributed by atoms with van der Waals surface area (Å²) in [6.45, 7) is 1.64. The maximum Gasteiger partial charge on any atom is 0.122 e. The van der Waals surface area contributed by atoms with Gasteiger partial charge in [0.05, 0.1) is 19.1 Å². The molecular weight excluding hydrogens is 188 g/mol. The van der Waals surface area contributed by atoms with E-state index < -0.39 is 0 Å². The van der Waals surface area contributed by atoms with Crippen molar-refractivity contribution in [1.82, 2.24) is 5.32 Å². The van der Waals surface area contributed by atoms with Gasteiger partial charge in [-0.3, -0.25) is 0 Å². The summed E-state index contributed by atoms with van der Waals surface area (Å²) < 4.78 is 5.31. The highest BCUT2D eigenvalue weighted by atomic mass is 16.5. The minimum atomic E-state index is 0.0568. The Labute approximate surface area is 89.7 Å². The average Bonchev–Trinajstić information content (AvgIpc) is 2.76. The molecule has 3 heteroatoms. The second-order valence-electron chi connectivity index (χ2n) is 3.74. The Kier molecular flexibility index (Phi) is 2.89. The molecule has 0 saturated carbocycles. The molecule has 0 unspecified atom stereocenters. The normalized spacial score (nSPS) is 24.8. The van der Waals surface area contributed by atoms with Crippen LogP contribution in [0.3, 0.4) is 0 Å². The molecule has 78 valence electrons. The summed E-state index contributed by atoms with van der Waals surface area (Å²) in [6.07, 6.45) is 0. The highest BCUT2D eigenvalue weighted by molar-refractivity contribution is 5.38. The van der Waals surface area contributed by atoms with Crippen molar-refractivity contribution >= 4 is 0 Å². The van der Waals surface area contributed by atoms with Crippen LogP contribution in [0.2, 0.25) is 0 Å². The molecular formula is C12H14N2O. The number of nitrogens with zero attached hydrogens (tertiary/aromatic N) is 1. The predicted octanol–water partition coefficient (Wildman–Crippen LogP) is 1.52. The molecule has 0 amide bonds. The molecule has 3 nitrogen and oxygen atoms in total. The van der Waals surface area contributed by atoms with Crippen LogP contribution in [0, 0.1) is 17.2 Å². The molecule has 2 atom stereocenters. The minimum Gasteiger partial charge on any atom is -0.496 e. The van der Waals surface area contributed by atoms with Crippen molar-refractivity contribution in [2.24, 2.45) is 5.92 Å². The Hall–Kier alpha value is -1.53. The third-order valence-electron chi connectivity index (χ3n) is 2.92. The molecule has 2 rings (SSSR count). The summed E-state index contributed by atoms with van der Waals surface area (Å²) in [6, 6.07) is 10.3. The van der Waals surface area contributed by atoms with E-state index in [-0.39, 0.29) is 11.8 Å². The van der Waals surface area contributed by atoms with Crippen LogP contribution in [-0.4, -0.2) is 20.2 Å². The maximum absolute atomic E-state index is 9.03. The molecule has 1 fully saturated rings. The Morgan fingerprint density at radius 1 is 1.40 bits per heavy atom. The summed E-state index contributed by atoms with van der Waals surface area (Å²) in [5, 5.41) is 12.3. The van der Waals surface area contributed by atoms with Crippen LogP contribution in [0.25, 0.3) is 0 Å². The van der Waals surface area contributed by atoms with Crippen molar-refractivity contribution in [3.05, 3.63) is 29.8 Å². The van der Waals surface area contributed by atoms with Gasteiger partial charge in [-0.1, -0.05) is 18.2 Å². The van der Waals surface area contributed by atoms with E-state index in [1.807, 2.05) is 24.3 Å². The lowest BCUT2D eigenvalue weighted by molar-refractivity contribution is 0.404. The van der Waals surface area contributed by atoms with Gasteiger partial charge in [-0.15, -0.1) is 0 Å². The quantitative estimate of drug-likeness (QED) is 0.790. The van der Waals surface area contributed by atoms with E-state index in [1.165, 1.54) is 0 Å². The van der Waals surface area contributed by atoms with Crippen LogP contribution < -0.4 is 10.1 Å². The average molecular weight is 202 g/mol. The van der Waals surface area contributed by atoms with Gasteiger partial charge in [0, 0.05) is 19.0 Å². The van der Waals surface area contributed by atoms with Gasteiger partial charge >= 0.3 is 0 Å². The van der Waals surface area contributed by atoms with Crippen molar-refractivity contribution in [3.8, 4) is 11.8 Å². The monoisotopic (exact) mass is 202 g/mol. The van der Waals surface area contributed by atoms with E-state index in [1.54, 1.807) is 7.11 Å². The molecule has 1 heterocycles. The fourth-order valence-electron chi connectivity index (χ4n) is 2.11. The fraction of sp³-hybridized carbons (Fsp3) is 0.417. The zero-order chi connectivity index (χ0) is 10.7. The van der Waals surface area contributed by atoms with Gasteiger partial charge in [0.25, 0.3) is 0 Å². The molecule has 0 spiro atoms. The van der Waals surface area contributed by atoms with Crippen molar-refractivity contribution in [3.63, 3.8) is 0 Å². The molecule has 1 aliphatic heterocycles. The van der Waals surface area contributed by atoms with Crippen LogP contribution in [0.1, 0.15) is 11.5 Å². The fourth-order valence-corrected chi connectivity index (χ4v) is 2.11. The second-order valence-corrected chi connectivity index (χ2v) is 3.74. The SMILES string of the molecule is COc1ccccc1[C@H]1CNC[C@H]1C#N. The van der Waals surface area contributed by atoms with Crippen LogP contribution in [0.5, 0.6) is 5.75 Å². The van der Waals surface area contributed by atoms with Crippen molar-refractivity contribution in [2.45, 2.75) is 5.92 Å². The summed E-state index contributed by atoms with van der Waals surface area (Å²) in [7, 11) is 1.67. The van der Waals surface area contributed by atoms with E-state index in [0.717, 1.165) is 24.4 Å². The summed E-state index contributed by atoms with van der Waals surface area (Å²) in [5.74, 6) is 1.19. The lowest BCUT2D eigenvalue weighted by Crippen LogP contribution is -2.09. The molecule has 1 saturated heterocycles. The van der Waals surface area contributed by atoms with Gasteiger partial charge in [-0.25, -0.2) is 0 Å². The molecule has 1 aromatic rings. The lowest BCUT2D eigenvalue weighted by Gasteiger charge is -2.16. The maximum atomic E-state index is 9.03. The number of benzene rings is 1. The standard InChI is InChI=1S/C12H14N2O/c1-15-12-5-3-2-4-10(12)11-8-14-7-9(11)6-13/h2-5,9,11,14H,7-8H2,1H3/t9-,11+/m1/s1. The smallest absolute Gasteiger partial charge is 0.122 e. The summed E-state index contributed by atoms with van der Waals surface area (Å²) >= 11 is 0. The van der Waals surface area contributed by atoms with E-state index in [2.05, 4.69) is 11.4 Å². The molecule has 1 aliphatic rings. The third kappa shape index (κ3) is 1.81. The number of ether oxygens (including phenoxy) is 1. The van der Waals surface area contributed by atoms with Crippen LogP contribution in [0.4, 0.5) is 0 Å². The highest BCUT2D eigenvalue weighted by Crippen LogP contribution is 2.33. The third-order valence-corrected chi connectivity index (χ3v) is 2.92. The number of hydrogen-bond acceptors (Lipinski definition) is 3. The second kappa shape index (κ2) is 4.33. The van der Waals surface area contributed by atoms with Crippen LogP contribution in [-0.2, 0) is 0 Å². The molecule has 0 radical (unpaired) electrons. The Balaban J connectivity index is 2.32. The van der Waals surface area contributed by atoms with Crippen molar-refractivity contribution in [2.75, 3.05) is 20.2 Å². The topological polar surface area (TPSA) is 45.0 Å². The largest absolute Gasteiger partial charge is 0.496 e. The highest BCUT2D eigenvalue weighted by Gasteiger charge is 2.30. The van der Waals surface area contributed by atoms with Gasteiger partial charge in [-0.2, -0.15) is 5.26 Å². The molecule has 15 heavy (non-hydrogen) atoms. The van der Waals surface area contributed by atoms with Crippen molar-refractivity contribution < 1.29 is 4.74 Å². The zero-order valence-corrected chi connectivity index (χ0v) is 8.73. The first-order valence-electron chi connectivity index (χ1n) is 5.10. The summed E-state index contributed by atoms with van der Waals surface area (Å²) in [5.41, 5.74) is 1.14. The minimum absolute atomic E-state index is 0.0568. The first-order valence-corrected chi connectivity index (χ1v) is 5.10.